The number of esters is 1. The van der Waals surface area contributed by atoms with Crippen molar-refractivity contribution in [3.05, 3.63) is 69.1 Å². The van der Waals surface area contributed by atoms with E-state index in [0.29, 0.717) is 0 Å². The molecule has 156 valence electrons. The highest BCUT2D eigenvalue weighted by molar-refractivity contribution is 9.28. The van der Waals surface area contributed by atoms with Crippen molar-refractivity contribution in [1.29, 1.82) is 5.26 Å². The van der Waals surface area contributed by atoms with Gasteiger partial charge in [-0.25, -0.2) is 8.78 Å². The first kappa shape index (κ1) is 22.4. The Morgan fingerprint density at radius 1 is 1.23 bits per heavy atom. The summed E-state index contributed by atoms with van der Waals surface area (Å²) in [5, 5.41) is 9.52. The van der Waals surface area contributed by atoms with Crippen LogP contribution in [0.5, 0.6) is 11.5 Å². The minimum Gasteiger partial charge on any atom is -0.454 e. The molecule has 0 bridgehead atoms. The van der Waals surface area contributed by atoms with E-state index in [4.69, 9.17) is 9.47 Å². The van der Waals surface area contributed by atoms with Crippen LogP contribution in [-0.4, -0.2) is 5.97 Å². The zero-order valence-electron chi connectivity index (χ0n) is 16.0. The van der Waals surface area contributed by atoms with Crippen LogP contribution in [0.1, 0.15) is 25.5 Å². The van der Waals surface area contributed by atoms with Gasteiger partial charge in [0.1, 0.15) is 17.6 Å². The fourth-order valence-electron chi connectivity index (χ4n) is 3.35. The highest BCUT2D eigenvalue weighted by atomic mass is 79.9. The first-order valence-corrected chi connectivity index (χ1v) is 10.6. The Morgan fingerprint density at radius 3 is 2.60 bits per heavy atom. The summed E-state index contributed by atoms with van der Waals surface area (Å²) in [7, 11) is 0. The topological polar surface area (TPSA) is 59.3 Å². The van der Waals surface area contributed by atoms with Crippen LogP contribution in [-0.2, 0) is 9.53 Å². The second-order valence-corrected chi connectivity index (χ2v) is 10.2. The number of carbonyl (C=O) groups is 1. The Kier molecular flexibility index (Phi) is 6.63. The number of ether oxygens (including phenoxy) is 2. The van der Waals surface area contributed by atoms with E-state index in [9.17, 15) is 18.8 Å². The molecule has 0 radical (unpaired) electrons. The molecule has 0 amide bonds. The Bertz CT molecular complexity index is 1040. The Labute approximate surface area is 189 Å². The number of allylic oxidation sites excluding steroid dienone is 1. The third kappa shape index (κ3) is 4.90. The fraction of sp³-hybridized carbons (Fsp3) is 0.273. The van der Waals surface area contributed by atoms with Crippen molar-refractivity contribution in [3.63, 3.8) is 0 Å². The summed E-state index contributed by atoms with van der Waals surface area (Å²) >= 11 is 6.58. The SMILES string of the molecule is CC1(C)[C@H](C(=O)OC(C#N)c2ccc(F)c(Oc3cccc(F)c3)c2)[C@@H]1C=C(Br)Br. The molecule has 1 fully saturated rings. The lowest BCUT2D eigenvalue weighted by Crippen LogP contribution is -2.14. The quantitative estimate of drug-likeness (QED) is 0.379. The van der Waals surface area contributed by atoms with Crippen LogP contribution in [0.4, 0.5) is 8.78 Å². The molecule has 1 unspecified atom stereocenters. The lowest BCUT2D eigenvalue weighted by atomic mass is 10.1. The summed E-state index contributed by atoms with van der Waals surface area (Å²) in [6.07, 6.45) is 0.636. The molecule has 1 aliphatic carbocycles. The number of hydrogen-bond acceptors (Lipinski definition) is 4. The predicted octanol–water partition coefficient (Wildman–Crippen LogP) is 6.77. The fourth-order valence-corrected chi connectivity index (χ4v) is 3.92. The van der Waals surface area contributed by atoms with E-state index in [1.165, 1.54) is 30.3 Å². The zero-order valence-corrected chi connectivity index (χ0v) is 19.2. The first-order valence-electron chi connectivity index (χ1n) is 8.99. The highest BCUT2D eigenvalue weighted by Gasteiger charge is 2.61. The number of benzene rings is 2. The molecule has 0 heterocycles. The van der Waals surface area contributed by atoms with Crippen molar-refractivity contribution >= 4 is 37.8 Å². The second kappa shape index (κ2) is 8.86. The highest BCUT2D eigenvalue weighted by Crippen LogP contribution is 2.60. The molecule has 2 aromatic carbocycles. The van der Waals surface area contributed by atoms with Crippen LogP contribution < -0.4 is 4.74 Å². The van der Waals surface area contributed by atoms with Gasteiger partial charge in [-0.3, -0.25) is 4.79 Å². The zero-order chi connectivity index (χ0) is 22.1. The van der Waals surface area contributed by atoms with E-state index >= 15 is 0 Å². The monoisotopic (exact) mass is 539 g/mol. The van der Waals surface area contributed by atoms with E-state index in [1.54, 1.807) is 0 Å². The van der Waals surface area contributed by atoms with E-state index < -0.39 is 29.6 Å². The third-order valence-electron chi connectivity index (χ3n) is 5.10. The molecule has 1 aliphatic rings. The van der Waals surface area contributed by atoms with Gasteiger partial charge in [0.15, 0.2) is 11.6 Å². The lowest BCUT2D eigenvalue weighted by molar-refractivity contribution is -0.149. The number of nitrogens with zero attached hydrogens (tertiary/aromatic N) is 1. The smallest absolute Gasteiger partial charge is 0.311 e. The summed E-state index contributed by atoms with van der Waals surface area (Å²) in [6.45, 7) is 3.88. The van der Waals surface area contributed by atoms with Crippen molar-refractivity contribution in [2.45, 2.75) is 20.0 Å². The van der Waals surface area contributed by atoms with Gasteiger partial charge in [0.2, 0.25) is 6.10 Å². The van der Waals surface area contributed by atoms with E-state index in [0.717, 1.165) is 15.5 Å². The van der Waals surface area contributed by atoms with Gasteiger partial charge in [-0.05, 0) is 67.5 Å². The van der Waals surface area contributed by atoms with Crippen LogP contribution in [0.3, 0.4) is 0 Å². The molecule has 0 N–H and O–H groups in total. The molecule has 0 aromatic heterocycles. The number of carbonyl (C=O) groups excluding carboxylic acids is 1. The van der Waals surface area contributed by atoms with Crippen LogP contribution in [0.15, 0.2) is 51.9 Å². The normalized spacial score (nSPS) is 19.9. The van der Waals surface area contributed by atoms with Crippen LogP contribution >= 0.6 is 31.9 Å². The molecule has 2 aromatic rings. The maximum atomic E-state index is 14.2. The first-order chi connectivity index (χ1) is 14.1. The van der Waals surface area contributed by atoms with E-state index in [2.05, 4.69) is 31.9 Å². The number of hydrogen-bond donors (Lipinski definition) is 0. The molecule has 1 saturated carbocycles. The van der Waals surface area contributed by atoms with Crippen molar-refractivity contribution in [3.8, 4) is 17.6 Å². The molecular formula is C22H17Br2F2NO3. The number of rotatable bonds is 6. The van der Waals surface area contributed by atoms with Gasteiger partial charge in [0, 0.05) is 11.6 Å². The largest absolute Gasteiger partial charge is 0.454 e. The number of nitriles is 1. The van der Waals surface area contributed by atoms with E-state index in [1.807, 2.05) is 26.0 Å². The Morgan fingerprint density at radius 2 is 1.97 bits per heavy atom. The third-order valence-corrected chi connectivity index (χ3v) is 5.63. The summed E-state index contributed by atoms with van der Waals surface area (Å²) < 4.78 is 39.1. The molecule has 3 atom stereocenters. The average Bonchev–Trinajstić information content (AvgIpc) is 3.20. The average molecular weight is 541 g/mol. The van der Waals surface area contributed by atoms with E-state index in [-0.39, 0.29) is 28.4 Å². The van der Waals surface area contributed by atoms with Gasteiger partial charge in [-0.1, -0.05) is 32.1 Å². The van der Waals surface area contributed by atoms with Crippen molar-refractivity contribution in [2.24, 2.45) is 17.3 Å². The minimum atomic E-state index is -1.23. The summed E-state index contributed by atoms with van der Waals surface area (Å²) in [5.41, 5.74) is -0.0518. The van der Waals surface area contributed by atoms with Gasteiger partial charge in [0.25, 0.3) is 0 Å². The van der Waals surface area contributed by atoms with Crippen molar-refractivity contribution < 1.29 is 23.0 Å². The lowest BCUT2D eigenvalue weighted by Gasteiger charge is -2.14. The predicted molar refractivity (Wildman–Crippen MR) is 114 cm³/mol. The molecule has 30 heavy (non-hydrogen) atoms. The molecule has 3 rings (SSSR count). The molecule has 8 heteroatoms. The van der Waals surface area contributed by atoms with Gasteiger partial charge in [-0.15, -0.1) is 0 Å². The van der Waals surface area contributed by atoms with Crippen LogP contribution in [0, 0.1) is 40.2 Å². The molecule has 0 spiro atoms. The molecule has 0 aliphatic heterocycles. The van der Waals surface area contributed by atoms with Crippen LogP contribution in [0.2, 0.25) is 0 Å². The molecule has 0 saturated heterocycles. The Balaban J connectivity index is 1.78. The Hall–Kier alpha value is -2.24. The molecule has 4 nitrogen and oxygen atoms in total. The maximum absolute atomic E-state index is 14.2. The van der Waals surface area contributed by atoms with Crippen molar-refractivity contribution in [1.82, 2.24) is 0 Å². The summed E-state index contributed by atoms with van der Waals surface area (Å²) in [6, 6.07) is 10.9. The minimum absolute atomic E-state index is 0.0433. The van der Waals surface area contributed by atoms with Gasteiger partial charge in [-0.2, -0.15) is 5.26 Å². The van der Waals surface area contributed by atoms with Crippen LogP contribution in [0.25, 0.3) is 0 Å². The second-order valence-electron chi connectivity index (χ2n) is 7.48. The summed E-state index contributed by atoms with van der Waals surface area (Å²) in [4.78, 5) is 12.7. The maximum Gasteiger partial charge on any atom is 0.311 e. The number of halogens is 4. The molecular weight excluding hydrogens is 524 g/mol. The van der Waals surface area contributed by atoms with Gasteiger partial charge >= 0.3 is 5.97 Å². The standard InChI is InChI=1S/C22H17Br2F2NO3/c1-22(2)15(10-19(23)24)20(22)21(28)30-18(11-27)12-6-7-16(26)17(8-12)29-14-5-3-4-13(25)9-14/h3-10,15,18,20H,1-2H3/t15-,18?,20-/m0/s1. The van der Waals surface area contributed by atoms with Gasteiger partial charge in [0.05, 0.1) is 9.31 Å². The van der Waals surface area contributed by atoms with Gasteiger partial charge < -0.3 is 9.47 Å². The van der Waals surface area contributed by atoms with Crippen molar-refractivity contribution in [2.75, 3.05) is 0 Å². The summed E-state index contributed by atoms with van der Waals surface area (Å²) in [5.74, 6) is -2.28.